The van der Waals surface area contributed by atoms with E-state index in [0.717, 1.165) is 38.8 Å². The van der Waals surface area contributed by atoms with Crippen LogP contribution in [0.25, 0.3) is 0 Å². The van der Waals surface area contributed by atoms with Crippen LogP contribution < -0.4 is 10.1 Å². The summed E-state index contributed by atoms with van der Waals surface area (Å²) in [6.45, 7) is 0.451. The Kier molecular flexibility index (Phi) is 5.88. The quantitative estimate of drug-likeness (QED) is 0.525. The maximum absolute atomic E-state index is 13.1. The third-order valence-electron chi connectivity index (χ3n) is 5.09. The number of carbonyl (C=O) groups excluding carboxylic acids is 1. The number of hydrogen-bond donors (Lipinski definition) is 1. The highest BCUT2D eigenvalue weighted by Gasteiger charge is 2.29. The molecule has 3 aromatic rings. The van der Waals surface area contributed by atoms with Gasteiger partial charge in [0.2, 0.25) is 5.91 Å². The van der Waals surface area contributed by atoms with Crippen molar-refractivity contribution in [1.82, 2.24) is 0 Å². The van der Waals surface area contributed by atoms with Crippen molar-refractivity contribution in [2.45, 2.75) is 23.8 Å². The van der Waals surface area contributed by atoms with E-state index in [2.05, 4.69) is 5.32 Å². The number of rotatable bonds is 6. The summed E-state index contributed by atoms with van der Waals surface area (Å²) in [4.78, 5) is 14.2. The summed E-state index contributed by atoms with van der Waals surface area (Å²) < 4.78 is 11.4. The minimum atomic E-state index is -0.0523. The van der Waals surface area contributed by atoms with E-state index in [0.29, 0.717) is 13.0 Å². The SMILES string of the molecule is COCc1cccc(SC)c1NC(=O)CC1c2ccccc2Oc2ccccc21. The Bertz CT molecular complexity index is 989. The molecular formula is C24H23NO3S. The Hall–Kier alpha value is -2.76. The average molecular weight is 406 g/mol. The molecule has 0 fully saturated rings. The van der Waals surface area contributed by atoms with Gasteiger partial charge in [-0.05, 0) is 24.5 Å². The predicted octanol–water partition coefficient (Wildman–Crippen LogP) is 5.82. The number of carbonyl (C=O) groups is 1. The van der Waals surface area contributed by atoms with Gasteiger partial charge in [-0.1, -0.05) is 48.5 Å². The summed E-state index contributed by atoms with van der Waals surface area (Å²) in [6, 6.07) is 21.8. The molecule has 0 aromatic heterocycles. The van der Waals surface area contributed by atoms with Crippen LogP contribution in [0.1, 0.15) is 29.0 Å². The highest BCUT2D eigenvalue weighted by atomic mass is 32.2. The number of amides is 1. The van der Waals surface area contributed by atoms with Crippen molar-refractivity contribution in [2.75, 3.05) is 18.7 Å². The van der Waals surface area contributed by atoms with Gasteiger partial charge in [-0.15, -0.1) is 11.8 Å². The standard InChI is InChI=1S/C24H23NO3S/c1-27-15-16-8-7-13-22(29-2)24(16)25-23(26)14-19-17-9-3-5-11-20(17)28-21-12-6-4-10-18(19)21/h3-13,19H,14-15H2,1-2H3,(H,25,26). The molecule has 148 valence electrons. The topological polar surface area (TPSA) is 47.6 Å². The van der Waals surface area contributed by atoms with Gasteiger partial charge in [-0.3, -0.25) is 4.79 Å². The van der Waals surface area contributed by atoms with E-state index >= 15 is 0 Å². The van der Waals surface area contributed by atoms with Crippen molar-refractivity contribution in [1.29, 1.82) is 0 Å². The molecule has 1 aliphatic rings. The molecule has 0 aliphatic carbocycles. The first-order valence-electron chi connectivity index (χ1n) is 9.51. The maximum atomic E-state index is 13.1. The van der Waals surface area contributed by atoms with Crippen molar-refractivity contribution in [3.05, 3.63) is 83.4 Å². The maximum Gasteiger partial charge on any atom is 0.225 e. The molecule has 5 heteroatoms. The van der Waals surface area contributed by atoms with Gasteiger partial charge in [0, 0.05) is 41.0 Å². The summed E-state index contributed by atoms with van der Waals surface area (Å²) >= 11 is 1.61. The molecular weight excluding hydrogens is 382 g/mol. The lowest BCUT2D eigenvalue weighted by atomic mass is 9.85. The third-order valence-corrected chi connectivity index (χ3v) is 5.88. The van der Waals surface area contributed by atoms with E-state index < -0.39 is 0 Å². The summed E-state index contributed by atoms with van der Waals surface area (Å²) in [6.07, 6.45) is 2.35. The number of benzene rings is 3. The fourth-order valence-electron chi connectivity index (χ4n) is 3.77. The van der Waals surface area contributed by atoms with Crippen molar-refractivity contribution < 1.29 is 14.3 Å². The largest absolute Gasteiger partial charge is 0.457 e. The second-order valence-corrected chi connectivity index (χ2v) is 7.76. The fourth-order valence-corrected chi connectivity index (χ4v) is 4.37. The second-order valence-electron chi connectivity index (χ2n) is 6.91. The summed E-state index contributed by atoms with van der Waals surface area (Å²) in [7, 11) is 1.66. The minimum Gasteiger partial charge on any atom is -0.457 e. The zero-order chi connectivity index (χ0) is 20.2. The molecule has 1 heterocycles. The summed E-state index contributed by atoms with van der Waals surface area (Å²) in [5, 5.41) is 3.14. The first kappa shape index (κ1) is 19.6. The van der Waals surface area contributed by atoms with Gasteiger partial charge >= 0.3 is 0 Å². The first-order chi connectivity index (χ1) is 14.2. The van der Waals surface area contributed by atoms with E-state index in [-0.39, 0.29) is 11.8 Å². The second kappa shape index (κ2) is 8.72. The monoisotopic (exact) mass is 405 g/mol. The number of methoxy groups -OCH3 is 1. The molecule has 0 bridgehead atoms. The van der Waals surface area contributed by atoms with Gasteiger partial charge in [0.1, 0.15) is 11.5 Å². The van der Waals surface area contributed by atoms with Crippen LogP contribution in [0.15, 0.2) is 71.6 Å². The van der Waals surface area contributed by atoms with Gasteiger partial charge in [0.15, 0.2) is 0 Å². The van der Waals surface area contributed by atoms with Crippen LogP contribution >= 0.6 is 11.8 Å². The van der Waals surface area contributed by atoms with Crippen molar-refractivity contribution in [3.63, 3.8) is 0 Å². The molecule has 0 saturated heterocycles. The first-order valence-corrected chi connectivity index (χ1v) is 10.7. The molecule has 3 aromatic carbocycles. The van der Waals surface area contributed by atoms with Gasteiger partial charge in [0.25, 0.3) is 0 Å². The number of fused-ring (bicyclic) bond motifs is 2. The van der Waals surface area contributed by atoms with Crippen molar-refractivity contribution in [2.24, 2.45) is 0 Å². The Morgan fingerprint density at radius 2 is 1.66 bits per heavy atom. The van der Waals surface area contributed by atoms with Crippen LogP contribution in [-0.4, -0.2) is 19.3 Å². The van der Waals surface area contributed by atoms with Crippen molar-refractivity contribution in [3.8, 4) is 11.5 Å². The molecule has 0 saturated carbocycles. The average Bonchev–Trinajstić information content (AvgIpc) is 2.75. The van der Waals surface area contributed by atoms with Crippen LogP contribution in [0.5, 0.6) is 11.5 Å². The number of para-hydroxylation sites is 3. The predicted molar refractivity (Wildman–Crippen MR) is 117 cm³/mol. The highest BCUT2D eigenvalue weighted by Crippen LogP contribution is 2.45. The molecule has 4 rings (SSSR count). The lowest BCUT2D eigenvalue weighted by Gasteiger charge is -2.28. The molecule has 4 nitrogen and oxygen atoms in total. The highest BCUT2D eigenvalue weighted by molar-refractivity contribution is 7.98. The van der Waals surface area contributed by atoms with E-state index in [9.17, 15) is 4.79 Å². The summed E-state index contributed by atoms with van der Waals surface area (Å²) in [5.41, 5.74) is 3.88. The molecule has 1 amide bonds. The number of anilines is 1. The van der Waals surface area contributed by atoms with Crippen LogP contribution in [-0.2, 0) is 16.1 Å². The zero-order valence-corrected chi connectivity index (χ0v) is 17.3. The minimum absolute atomic E-state index is 0.0274. The van der Waals surface area contributed by atoms with Crippen LogP contribution in [0.2, 0.25) is 0 Å². The molecule has 1 aliphatic heterocycles. The lowest BCUT2D eigenvalue weighted by Crippen LogP contribution is -2.20. The Morgan fingerprint density at radius 1 is 1.00 bits per heavy atom. The van der Waals surface area contributed by atoms with Crippen molar-refractivity contribution >= 4 is 23.4 Å². The van der Waals surface area contributed by atoms with E-state index in [1.807, 2.05) is 73.0 Å². The van der Waals surface area contributed by atoms with Gasteiger partial charge in [-0.2, -0.15) is 0 Å². The van der Waals surface area contributed by atoms with Crippen LogP contribution in [0.4, 0.5) is 5.69 Å². The van der Waals surface area contributed by atoms with E-state index in [1.165, 1.54) is 0 Å². The molecule has 0 atom stereocenters. The Morgan fingerprint density at radius 3 is 2.28 bits per heavy atom. The number of nitrogens with one attached hydrogen (secondary N) is 1. The molecule has 0 spiro atoms. The lowest BCUT2D eigenvalue weighted by molar-refractivity contribution is -0.116. The van der Waals surface area contributed by atoms with Crippen LogP contribution in [0.3, 0.4) is 0 Å². The van der Waals surface area contributed by atoms with Gasteiger partial charge in [-0.25, -0.2) is 0 Å². The summed E-state index contributed by atoms with van der Waals surface area (Å²) in [5.74, 6) is 1.55. The third kappa shape index (κ3) is 4.02. The smallest absolute Gasteiger partial charge is 0.225 e. The zero-order valence-electron chi connectivity index (χ0n) is 16.5. The number of ether oxygens (including phenoxy) is 2. The van der Waals surface area contributed by atoms with Crippen LogP contribution in [0, 0.1) is 0 Å². The van der Waals surface area contributed by atoms with Gasteiger partial charge < -0.3 is 14.8 Å². The van der Waals surface area contributed by atoms with Gasteiger partial charge in [0.05, 0.1) is 12.3 Å². The Labute approximate surface area is 175 Å². The number of hydrogen-bond acceptors (Lipinski definition) is 4. The number of thioether (sulfide) groups is 1. The molecule has 1 N–H and O–H groups in total. The molecule has 0 radical (unpaired) electrons. The fraction of sp³-hybridized carbons (Fsp3) is 0.208. The molecule has 29 heavy (non-hydrogen) atoms. The normalized spacial score (nSPS) is 12.6. The van der Waals surface area contributed by atoms with E-state index in [1.54, 1.807) is 18.9 Å². The van der Waals surface area contributed by atoms with E-state index in [4.69, 9.17) is 9.47 Å². The Balaban J connectivity index is 1.63. The molecule has 0 unspecified atom stereocenters.